The molecule has 3 aromatic rings. The number of benzene rings is 2. The van der Waals surface area contributed by atoms with Crippen LogP contribution in [0.4, 0.5) is 0 Å². The number of carbonyl (C=O) groups excluding carboxylic acids is 3. The standard InChI is InChI=1S/C30H32N2O10/c1-2-32(16-18-12-14-31-15-13-18)27(37)22(19-6-4-3-5-7-19)17-40-29(39)26-24(35)23(34)25(36)30(41-26)42-28(38)20-8-10-21(33)11-9-20/h3-15,22-26,30,33-36H,2,16-17H2,1H3/t22?,23-,24-,25+,26-,30?/m0/s1. The van der Waals surface area contributed by atoms with Crippen molar-refractivity contribution in [2.45, 2.75) is 50.1 Å². The molecule has 1 aliphatic heterocycles. The summed E-state index contributed by atoms with van der Waals surface area (Å²) in [6.45, 7) is 2.09. The van der Waals surface area contributed by atoms with Gasteiger partial charge in [0.25, 0.3) is 0 Å². The molecular weight excluding hydrogens is 548 g/mol. The number of amides is 1. The van der Waals surface area contributed by atoms with Crippen molar-refractivity contribution in [1.82, 2.24) is 9.88 Å². The molecule has 6 atom stereocenters. The lowest BCUT2D eigenvalue weighted by Gasteiger charge is -2.38. The molecule has 0 bridgehead atoms. The van der Waals surface area contributed by atoms with E-state index in [0.717, 1.165) is 5.56 Å². The zero-order valence-electron chi connectivity index (χ0n) is 22.7. The highest BCUT2D eigenvalue weighted by Crippen LogP contribution is 2.26. The van der Waals surface area contributed by atoms with Gasteiger partial charge in [0.15, 0.2) is 6.10 Å². The van der Waals surface area contributed by atoms with Crippen molar-refractivity contribution in [1.29, 1.82) is 0 Å². The number of aliphatic hydroxyl groups is 3. The van der Waals surface area contributed by atoms with Gasteiger partial charge in [0.2, 0.25) is 12.2 Å². The second-order valence-electron chi connectivity index (χ2n) is 9.65. The number of phenolic OH excluding ortho intramolecular Hbond substituents is 1. The maximum absolute atomic E-state index is 13.6. The summed E-state index contributed by atoms with van der Waals surface area (Å²) in [5.74, 6) is -3.41. The van der Waals surface area contributed by atoms with E-state index < -0.39 is 55.2 Å². The summed E-state index contributed by atoms with van der Waals surface area (Å²) in [5.41, 5.74) is 1.45. The Labute approximate surface area is 241 Å². The zero-order valence-corrected chi connectivity index (χ0v) is 22.7. The monoisotopic (exact) mass is 580 g/mol. The number of carbonyl (C=O) groups is 3. The van der Waals surface area contributed by atoms with E-state index >= 15 is 0 Å². The first-order valence-corrected chi connectivity index (χ1v) is 13.3. The van der Waals surface area contributed by atoms with Crippen molar-refractivity contribution in [2.75, 3.05) is 13.2 Å². The van der Waals surface area contributed by atoms with E-state index in [1.165, 1.54) is 24.3 Å². The Morgan fingerprint density at radius 3 is 2.24 bits per heavy atom. The van der Waals surface area contributed by atoms with Gasteiger partial charge in [-0.3, -0.25) is 9.78 Å². The Morgan fingerprint density at radius 1 is 0.929 bits per heavy atom. The second-order valence-corrected chi connectivity index (χ2v) is 9.65. The first kappa shape index (κ1) is 30.6. The fraction of sp³-hybridized carbons (Fsp3) is 0.333. The molecule has 1 amide bonds. The van der Waals surface area contributed by atoms with E-state index in [1.54, 1.807) is 59.8 Å². The van der Waals surface area contributed by atoms with Gasteiger partial charge in [-0.15, -0.1) is 0 Å². The third-order valence-electron chi connectivity index (χ3n) is 6.84. The highest BCUT2D eigenvalue weighted by atomic mass is 16.7. The van der Waals surface area contributed by atoms with E-state index in [2.05, 4.69) is 4.98 Å². The van der Waals surface area contributed by atoms with Crippen LogP contribution in [0.3, 0.4) is 0 Å². The number of ether oxygens (including phenoxy) is 3. The van der Waals surface area contributed by atoms with Gasteiger partial charge in [-0.2, -0.15) is 0 Å². The largest absolute Gasteiger partial charge is 0.508 e. The molecule has 4 N–H and O–H groups in total. The van der Waals surface area contributed by atoms with Gasteiger partial charge in [-0.05, 0) is 54.4 Å². The Morgan fingerprint density at radius 2 is 1.60 bits per heavy atom. The molecule has 1 aliphatic rings. The van der Waals surface area contributed by atoms with Crippen LogP contribution in [-0.4, -0.2) is 92.0 Å². The molecule has 2 heterocycles. The highest BCUT2D eigenvalue weighted by Gasteiger charge is 2.49. The van der Waals surface area contributed by atoms with E-state index in [0.29, 0.717) is 18.7 Å². The summed E-state index contributed by atoms with van der Waals surface area (Å²) in [5, 5.41) is 40.6. The molecule has 1 aromatic heterocycles. The molecular formula is C30H32N2O10. The summed E-state index contributed by atoms with van der Waals surface area (Å²) >= 11 is 0. The Bertz CT molecular complexity index is 1340. The van der Waals surface area contributed by atoms with E-state index in [1.807, 2.05) is 6.92 Å². The third kappa shape index (κ3) is 7.28. The van der Waals surface area contributed by atoms with Crippen LogP contribution in [0.5, 0.6) is 5.75 Å². The number of esters is 2. The first-order chi connectivity index (χ1) is 20.2. The lowest BCUT2D eigenvalue weighted by atomic mass is 9.97. The Hall–Kier alpha value is -4.36. The molecule has 4 rings (SSSR count). The minimum absolute atomic E-state index is 0.000187. The molecule has 1 fully saturated rings. The van der Waals surface area contributed by atoms with Crippen LogP contribution in [0.15, 0.2) is 79.1 Å². The number of aromatic nitrogens is 1. The van der Waals surface area contributed by atoms with Gasteiger partial charge < -0.3 is 39.5 Å². The number of nitrogens with zero attached hydrogens (tertiary/aromatic N) is 2. The average Bonchev–Trinajstić information content (AvgIpc) is 3.01. The predicted octanol–water partition coefficient (Wildman–Crippen LogP) is 1.13. The van der Waals surface area contributed by atoms with Crippen LogP contribution >= 0.6 is 0 Å². The molecule has 0 aliphatic carbocycles. The van der Waals surface area contributed by atoms with E-state index in [9.17, 15) is 34.8 Å². The zero-order chi connectivity index (χ0) is 30.2. The lowest BCUT2D eigenvalue weighted by molar-refractivity contribution is -0.280. The van der Waals surface area contributed by atoms with Crippen molar-refractivity contribution in [2.24, 2.45) is 0 Å². The molecule has 0 radical (unpaired) electrons. The van der Waals surface area contributed by atoms with Gasteiger partial charge in [0, 0.05) is 25.5 Å². The van der Waals surface area contributed by atoms with Gasteiger partial charge in [-0.1, -0.05) is 30.3 Å². The molecule has 2 aromatic carbocycles. The van der Waals surface area contributed by atoms with Crippen LogP contribution in [0, 0.1) is 0 Å². The van der Waals surface area contributed by atoms with Crippen LogP contribution in [0.1, 0.15) is 34.3 Å². The molecule has 12 heteroatoms. The molecule has 42 heavy (non-hydrogen) atoms. The van der Waals surface area contributed by atoms with Gasteiger partial charge >= 0.3 is 11.9 Å². The minimum atomic E-state index is -1.92. The number of hydrogen-bond acceptors (Lipinski definition) is 11. The predicted molar refractivity (Wildman–Crippen MR) is 146 cm³/mol. The quantitative estimate of drug-likeness (QED) is 0.253. The van der Waals surface area contributed by atoms with Crippen molar-refractivity contribution in [3.63, 3.8) is 0 Å². The third-order valence-corrected chi connectivity index (χ3v) is 6.84. The maximum atomic E-state index is 13.6. The van der Waals surface area contributed by atoms with Crippen LogP contribution in [0.25, 0.3) is 0 Å². The molecule has 12 nitrogen and oxygen atoms in total. The second kappa shape index (κ2) is 14.0. The van der Waals surface area contributed by atoms with Crippen LogP contribution < -0.4 is 0 Å². The smallest absolute Gasteiger partial charge is 0.340 e. The number of pyridine rings is 1. The van der Waals surface area contributed by atoms with Crippen molar-refractivity contribution in [3.05, 3.63) is 95.8 Å². The van der Waals surface area contributed by atoms with E-state index in [-0.39, 0.29) is 17.2 Å². The average molecular weight is 581 g/mol. The normalized spacial score (nSPS) is 22.5. The molecule has 0 spiro atoms. The molecule has 0 saturated carbocycles. The van der Waals surface area contributed by atoms with Gasteiger partial charge in [0.05, 0.1) is 11.5 Å². The summed E-state index contributed by atoms with van der Waals surface area (Å²) in [6.07, 6.45) is -6.14. The van der Waals surface area contributed by atoms with Crippen LogP contribution in [0.2, 0.25) is 0 Å². The molecule has 1 saturated heterocycles. The SMILES string of the molecule is CCN(Cc1ccncc1)C(=O)C(COC(=O)[C@H]1OC(OC(=O)c2ccc(O)cc2)[C@H](O)[C@@H](O)[C@@H]1O)c1ccccc1. The number of hydrogen-bond donors (Lipinski definition) is 4. The summed E-state index contributed by atoms with van der Waals surface area (Å²) in [4.78, 5) is 44.8. The number of aliphatic hydroxyl groups excluding tert-OH is 3. The van der Waals surface area contributed by atoms with Crippen molar-refractivity contribution in [3.8, 4) is 5.75 Å². The lowest BCUT2D eigenvalue weighted by Crippen LogP contribution is -2.61. The van der Waals surface area contributed by atoms with Gasteiger partial charge in [0.1, 0.15) is 30.7 Å². The number of rotatable bonds is 10. The topological polar surface area (TPSA) is 176 Å². The first-order valence-electron chi connectivity index (χ1n) is 13.3. The van der Waals surface area contributed by atoms with E-state index in [4.69, 9.17) is 14.2 Å². The van der Waals surface area contributed by atoms with Crippen molar-refractivity contribution >= 4 is 17.8 Å². The summed E-state index contributed by atoms with van der Waals surface area (Å²) in [6, 6.07) is 17.3. The number of aromatic hydroxyl groups is 1. The Balaban J connectivity index is 1.47. The van der Waals surface area contributed by atoms with Gasteiger partial charge in [-0.25, -0.2) is 9.59 Å². The highest BCUT2D eigenvalue weighted by molar-refractivity contribution is 5.89. The van der Waals surface area contributed by atoms with Crippen LogP contribution in [-0.2, 0) is 30.3 Å². The number of likely N-dealkylation sites (N-methyl/N-ethyl adjacent to an activating group) is 1. The Kier molecular flexibility index (Phi) is 10.2. The fourth-order valence-corrected chi connectivity index (χ4v) is 4.43. The maximum Gasteiger partial charge on any atom is 0.340 e. The molecule has 2 unspecified atom stereocenters. The summed E-state index contributed by atoms with van der Waals surface area (Å²) in [7, 11) is 0. The van der Waals surface area contributed by atoms with Crippen molar-refractivity contribution < 1.29 is 49.0 Å². The summed E-state index contributed by atoms with van der Waals surface area (Å²) < 4.78 is 15.9. The minimum Gasteiger partial charge on any atom is -0.508 e. The molecule has 222 valence electrons. The number of phenols is 1. The fourth-order valence-electron chi connectivity index (χ4n) is 4.43.